The fourth-order valence-electron chi connectivity index (χ4n) is 2.26. The summed E-state index contributed by atoms with van der Waals surface area (Å²) in [6.07, 6.45) is 3.70. The summed E-state index contributed by atoms with van der Waals surface area (Å²) in [6, 6.07) is 5.62. The van der Waals surface area contributed by atoms with E-state index in [0.29, 0.717) is 5.69 Å². The van der Waals surface area contributed by atoms with Crippen molar-refractivity contribution in [3.63, 3.8) is 0 Å². The topological polar surface area (TPSA) is 66.8 Å². The fraction of sp³-hybridized carbons (Fsp3) is 0.267. The van der Waals surface area contributed by atoms with E-state index in [-0.39, 0.29) is 11.9 Å². The van der Waals surface area contributed by atoms with Gasteiger partial charge in [0.05, 0.1) is 11.7 Å². The first kappa shape index (κ1) is 14.5. The number of carbonyl (C=O) groups excluding carboxylic acids is 1. The van der Waals surface area contributed by atoms with E-state index in [2.05, 4.69) is 15.2 Å². The highest BCUT2D eigenvalue weighted by Gasteiger charge is 2.22. The molecule has 0 aliphatic rings. The van der Waals surface area contributed by atoms with Crippen molar-refractivity contribution >= 4 is 17.2 Å². The van der Waals surface area contributed by atoms with Crippen molar-refractivity contribution in [2.24, 2.45) is 7.05 Å². The second-order valence-electron chi connectivity index (χ2n) is 5.13. The van der Waals surface area contributed by atoms with Crippen LogP contribution in [0.25, 0.3) is 11.4 Å². The van der Waals surface area contributed by atoms with Gasteiger partial charge in [0.25, 0.3) is 5.91 Å². The van der Waals surface area contributed by atoms with Crippen LogP contribution in [0, 0.1) is 0 Å². The Morgan fingerprint density at radius 2 is 2.32 bits per heavy atom. The van der Waals surface area contributed by atoms with Gasteiger partial charge >= 0.3 is 0 Å². The van der Waals surface area contributed by atoms with Gasteiger partial charge in [-0.25, -0.2) is 4.98 Å². The first-order chi connectivity index (χ1) is 10.6. The first-order valence-corrected chi connectivity index (χ1v) is 7.79. The fourth-order valence-corrected chi connectivity index (χ4v) is 3.00. The van der Waals surface area contributed by atoms with Crippen LogP contribution in [0.3, 0.4) is 0 Å². The van der Waals surface area contributed by atoms with E-state index in [0.717, 1.165) is 16.4 Å². The lowest BCUT2D eigenvalue weighted by Gasteiger charge is -2.22. The molecule has 0 bridgehead atoms. The van der Waals surface area contributed by atoms with E-state index in [1.807, 2.05) is 42.2 Å². The molecule has 0 radical (unpaired) electrons. The molecule has 1 N–H and O–H groups in total. The number of thiazole rings is 1. The Kier molecular flexibility index (Phi) is 3.81. The number of amides is 1. The molecular weight excluding hydrogens is 298 g/mol. The molecule has 22 heavy (non-hydrogen) atoms. The molecule has 3 heterocycles. The molecule has 1 atom stereocenters. The van der Waals surface area contributed by atoms with Gasteiger partial charge in [0.1, 0.15) is 16.4 Å². The van der Waals surface area contributed by atoms with Crippen molar-refractivity contribution in [1.29, 1.82) is 0 Å². The van der Waals surface area contributed by atoms with Crippen LogP contribution in [0.1, 0.15) is 28.5 Å². The maximum Gasteiger partial charge on any atom is 0.272 e. The number of nitrogens with one attached hydrogen (secondary N) is 1. The number of hydrogen-bond donors (Lipinski definition) is 1. The van der Waals surface area contributed by atoms with Gasteiger partial charge in [-0.15, -0.1) is 11.3 Å². The van der Waals surface area contributed by atoms with Crippen LogP contribution in [0.15, 0.2) is 36.0 Å². The average Bonchev–Trinajstić information content (AvgIpc) is 3.25. The monoisotopic (exact) mass is 315 g/mol. The van der Waals surface area contributed by atoms with E-state index in [1.54, 1.807) is 35.5 Å². The maximum atomic E-state index is 12.6. The maximum absolute atomic E-state index is 12.6. The highest BCUT2D eigenvalue weighted by molar-refractivity contribution is 7.09. The number of hydrogen-bond acceptors (Lipinski definition) is 4. The van der Waals surface area contributed by atoms with Gasteiger partial charge < -0.3 is 9.47 Å². The summed E-state index contributed by atoms with van der Waals surface area (Å²) in [4.78, 5) is 18.5. The molecule has 0 aliphatic heterocycles. The third kappa shape index (κ3) is 2.55. The highest BCUT2D eigenvalue weighted by Crippen LogP contribution is 2.23. The normalized spacial score (nSPS) is 12.3. The van der Waals surface area contributed by atoms with Crippen LogP contribution < -0.4 is 0 Å². The van der Waals surface area contributed by atoms with E-state index in [9.17, 15) is 4.79 Å². The number of H-pyrrole nitrogens is 1. The largest absolute Gasteiger partial charge is 0.349 e. The molecule has 3 aromatic heterocycles. The zero-order valence-electron chi connectivity index (χ0n) is 12.6. The number of aryl methyl sites for hydroxylation is 1. The molecule has 1 unspecified atom stereocenters. The van der Waals surface area contributed by atoms with Crippen LogP contribution in [-0.2, 0) is 7.05 Å². The molecule has 6 nitrogen and oxygen atoms in total. The predicted molar refractivity (Wildman–Crippen MR) is 85.6 cm³/mol. The zero-order valence-corrected chi connectivity index (χ0v) is 13.5. The minimum atomic E-state index is -0.101. The lowest BCUT2D eigenvalue weighted by atomic mass is 10.2. The Bertz CT molecular complexity index is 774. The standard InChI is InChI=1S/C15H17N5OS/c1-10(14-16-6-8-22-14)20(3)15(21)12-9-11(17-18-12)13-5-4-7-19(13)2/h4-10H,1-3H3,(H,17,18). The molecule has 0 saturated carbocycles. The lowest BCUT2D eigenvalue weighted by Crippen LogP contribution is -2.29. The van der Waals surface area contributed by atoms with Crippen molar-refractivity contribution in [1.82, 2.24) is 24.6 Å². The Morgan fingerprint density at radius 3 is 2.95 bits per heavy atom. The summed E-state index contributed by atoms with van der Waals surface area (Å²) in [5, 5.41) is 9.89. The average molecular weight is 315 g/mol. The van der Waals surface area contributed by atoms with Crippen molar-refractivity contribution in [2.75, 3.05) is 7.05 Å². The molecule has 114 valence electrons. The molecule has 0 saturated heterocycles. The van der Waals surface area contributed by atoms with E-state index in [1.165, 1.54) is 0 Å². The van der Waals surface area contributed by atoms with Gasteiger partial charge in [0.2, 0.25) is 0 Å². The highest BCUT2D eigenvalue weighted by atomic mass is 32.1. The number of aromatic amines is 1. The van der Waals surface area contributed by atoms with E-state index < -0.39 is 0 Å². The smallest absolute Gasteiger partial charge is 0.272 e. The molecule has 3 rings (SSSR count). The van der Waals surface area contributed by atoms with Gasteiger partial charge in [0.15, 0.2) is 0 Å². The summed E-state index contributed by atoms with van der Waals surface area (Å²) >= 11 is 1.54. The molecule has 0 aromatic carbocycles. The van der Waals surface area contributed by atoms with Crippen molar-refractivity contribution in [3.8, 4) is 11.4 Å². The van der Waals surface area contributed by atoms with Gasteiger partial charge in [-0.2, -0.15) is 5.10 Å². The summed E-state index contributed by atoms with van der Waals surface area (Å²) in [5.41, 5.74) is 2.19. The molecule has 0 aliphatic carbocycles. The first-order valence-electron chi connectivity index (χ1n) is 6.91. The number of carbonyl (C=O) groups is 1. The minimum Gasteiger partial charge on any atom is -0.349 e. The Hall–Kier alpha value is -2.41. The molecule has 3 aromatic rings. The van der Waals surface area contributed by atoms with Crippen LogP contribution in [0.5, 0.6) is 0 Å². The van der Waals surface area contributed by atoms with Gasteiger partial charge in [-0.3, -0.25) is 9.89 Å². The van der Waals surface area contributed by atoms with Crippen LogP contribution in [0.2, 0.25) is 0 Å². The Morgan fingerprint density at radius 1 is 1.50 bits per heavy atom. The summed E-state index contributed by atoms with van der Waals surface area (Å²) < 4.78 is 1.96. The lowest BCUT2D eigenvalue weighted by molar-refractivity contribution is 0.0736. The van der Waals surface area contributed by atoms with Crippen molar-refractivity contribution in [3.05, 3.63) is 46.7 Å². The Balaban J connectivity index is 1.81. The second kappa shape index (κ2) is 5.76. The van der Waals surface area contributed by atoms with Crippen molar-refractivity contribution < 1.29 is 4.79 Å². The number of aromatic nitrogens is 4. The van der Waals surface area contributed by atoms with Crippen molar-refractivity contribution in [2.45, 2.75) is 13.0 Å². The van der Waals surface area contributed by atoms with Crippen LogP contribution in [-0.4, -0.2) is 37.6 Å². The third-order valence-electron chi connectivity index (χ3n) is 3.72. The van der Waals surface area contributed by atoms with Gasteiger partial charge in [-0.1, -0.05) is 0 Å². The van der Waals surface area contributed by atoms with E-state index >= 15 is 0 Å². The minimum absolute atomic E-state index is 0.0747. The van der Waals surface area contributed by atoms with Crippen LogP contribution >= 0.6 is 11.3 Å². The van der Waals surface area contributed by atoms with Gasteiger partial charge in [0, 0.05) is 31.9 Å². The molecule has 1 amide bonds. The molecule has 0 fully saturated rings. The SMILES string of the molecule is CC(c1nccs1)N(C)C(=O)c1cc(-c2cccn2C)n[nH]1. The summed E-state index contributed by atoms with van der Waals surface area (Å²) in [7, 11) is 3.72. The number of rotatable bonds is 4. The predicted octanol–water partition coefficient (Wildman–Crippen LogP) is 2.70. The summed E-state index contributed by atoms with van der Waals surface area (Å²) in [6.45, 7) is 1.96. The Labute approximate surface area is 132 Å². The van der Waals surface area contributed by atoms with E-state index in [4.69, 9.17) is 0 Å². The van der Waals surface area contributed by atoms with Gasteiger partial charge in [-0.05, 0) is 25.1 Å². The second-order valence-corrected chi connectivity index (χ2v) is 6.06. The molecule has 0 spiro atoms. The number of nitrogens with zero attached hydrogens (tertiary/aromatic N) is 4. The quantitative estimate of drug-likeness (QED) is 0.805. The zero-order chi connectivity index (χ0) is 15.7. The summed E-state index contributed by atoms with van der Waals surface area (Å²) in [5.74, 6) is -0.101. The molecule has 7 heteroatoms. The molecular formula is C15H17N5OS. The third-order valence-corrected chi connectivity index (χ3v) is 4.67. The van der Waals surface area contributed by atoms with Crippen LogP contribution in [0.4, 0.5) is 0 Å².